The van der Waals surface area contributed by atoms with E-state index in [9.17, 15) is 9.59 Å². The molecule has 0 aliphatic carbocycles. The van der Waals surface area contributed by atoms with Crippen LogP contribution in [0.5, 0.6) is 0 Å². The molecule has 6 heteroatoms. The number of hydrogen-bond acceptors (Lipinski definition) is 4. The molecule has 0 bridgehead atoms. The zero-order valence-corrected chi connectivity index (χ0v) is 15.7. The number of nitrogens with one attached hydrogen (secondary N) is 1. The van der Waals surface area contributed by atoms with E-state index in [1.54, 1.807) is 42.5 Å². The van der Waals surface area contributed by atoms with Crippen LogP contribution in [0.15, 0.2) is 48.5 Å². The number of para-hydroxylation sites is 1. The summed E-state index contributed by atoms with van der Waals surface area (Å²) in [4.78, 5) is 30.2. The Morgan fingerprint density at radius 1 is 1.12 bits per heavy atom. The number of nitrogens with zero attached hydrogens (tertiary/aromatic N) is 2. The van der Waals surface area contributed by atoms with E-state index in [2.05, 4.69) is 10.3 Å². The van der Waals surface area contributed by atoms with E-state index in [0.29, 0.717) is 24.9 Å². The van der Waals surface area contributed by atoms with Gasteiger partial charge >= 0.3 is 0 Å². The first-order chi connectivity index (χ1) is 12.6. The van der Waals surface area contributed by atoms with Gasteiger partial charge in [-0.1, -0.05) is 24.3 Å². The minimum atomic E-state index is -0.114. The number of benzene rings is 2. The molecule has 5 nitrogen and oxygen atoms in total. The van der Waals surface area contributed by atoms with Crippen LogP contribution in [0, 0.1) is 0 Å². The first-order valence-electron chi connectivity index (χ1n) is 8.46. The molecule has 2 aromatic carbocycles. The second kappa shape index (κ2) is 8.10. The molecule has 0 aliphatic rings. The van der Waals surface area contributed by atoms with Crippen LogP contribution in [0.4, 0.5) is 0 Å². The Hall–Kier alpha value is -2.73. The Kier molecular flexibility index (Phi) is 5.63. The van der Waals surface area contributed by atoms with Crippen molar-refractivity contribution in [3.05, 3.63) is 64.7 Å². The largest absolute Gasteiger partial charge is 0.355 e. The third-order valence-electron chi connectivity index (χ3n) is 4.18. The maximum absolute atomic E-state index is 12.4. The molecule has 1 N–H and O–H groups in total. The monoisotopic (exact) mass is 367 g/mol. The van der Waals surface area contributed by atoms with Crippen LogP contribution < -0.4 is 5.32 Å². The Bertz CT molecular complexity index is 885. The van der Waals surface area contributed by atoms with Crippen LogP contribution in [0.1, 0.15) is 27.3 Å². The fraction of sp³-hybridized carbons (Fsp3) is 0.250. The molecule has 1 aromatic heterocycles. The van der Waals surface area contributed by atoms with E-state index in [1.165, 1.54) is 0 Å². The molecule has 1 heterocycles. The Morgan fingerprint density at radius 2 is 1.85 bits per heavy atom. The molecule has 3 aromatic rings. The molecule has 3 rings (SSSR count). The number of fused-ring (bicyclic) bond motifs is 1. The molecule has 0 radical (unpaired) electrons. The Labute approximate surface area is 156 Å². The van der Waals surface area contributed by atoms with Crippen molar-refractivity contribution in [3.63, 3.8) is 0 Å². The predicted octanol–water partition coefficient (Wildman–Crippen LogP) is 3.25. The van der Waals surface area contributed by atoms with Crippen molar-refractivity contribution in [1.29, 1.82) is 0 Å². The summed E-state index contributed by atoms with van der Waals surface area (Å²) in [5.74, 6) is -0.0311. The average molecular weight is 367 g/mol. The van der Waals surface area contributed by atoms with Crippen molar-refractivity contribution >= 4 is 33.4 Å². The van der Waals surface area contributed by atoms with Gasteiger partial charge in [-0.05, 0) is 29.8 Å². The van der Waals surface area contributed by atoms with Gasteiger partial charge in [0.25, 0.3) is 5.91 Å². The van der Waals surface area contributed by atoms with E-state index < -0.39 is 0 Å². The van der Waals surface area contributed by atoms with Crippen molar-refractivity contribution < 1.29 is 9.59 Å². The van der Waals surface area contributed by atoms with Crippen LogP contribution in [0.3, 0.4) is 0 Å². The van der Waals surface area contributed by atoms with E-state index in [0.717, 1.165) is 20.8 Å². The summed E-state index contributed by atoms with van der Waals surface area (Å²) in [7, 11) is 3.40. The summed E-state index contributed by atoms with van der Waals surface area (Å²) >= 11 is 1.64. The van der Waals surface area contributed by atoms with Crippen LogP contribution in [0.2, 0.25) is 0 Å². The summed E-state index contributed by atoms with van der Waals surface area (Å²) in [5.41, 5.74) is 2.60. The Balaban J connectivity index is 1.55. The lowest BCUT2D eigenvalue weighted by Crippen LogP contribution is -2.26. The van der Waals surface area contributed by atoms with Gasteiger partial charge in [-0.2, -0.15) is 0 Å². The molecule has 134 valence electrons. The molecule has 0 atom stereocenters. The standard InChI is InChI=1S/C20H21N3O2S/c1-21-20(25)15-9-7-14(8-10-15)13-23(2)19(24)12-11-18-22-16-5-3-4-6-17(16)26-18/h3-10H,11-13H2,1-2H3,(H,21,25). The van der Waals surface area contributed by atoms with Gasteiger partial charge in [0.2, 0.25) is 5.91 Å². The minimum absolute atomic E-state index is 0.0830. The molecule has 2 amide bonds. The highest BCUT2D eigenvalue weighted by Crippen LogP contribution is 2.22. The molecule has 0 saturated carbocycles. The first-order valence-corrected chi connectivity index (χ1v) is 9.28. The number of hydrogen-bond donors (Lipinski definition) is 1. The van der Waals surface area contributed by atoms with Crippen molar-refractivity contribution in [1.82, 2.24) is 15.2 Å². The second-order valence-corrected chi connectivity index (χ2v) is 7.22. The summed E-state index contributed by atoms with van der Waals surface area (Å²) in [6.45, 7) is 0.521. The van der Waals surface area contributed by atoms with Gasteiger partial charge in [0.15, 0.2) is 0 Å². The molecular weight excluding hydrogens is 346 g/mol. The fourth-order valence-corrected chi connectivity index (χ4v) is 3.67. The van der Waals surface area contributed by atoms with Gasteiger partial charge in [0.05, 0.1) is 15.2 Å². The van der Waals surface area contributed by atoms with Gasteiger partial charge in [0.1, 0.15) is 0 Å². The molecular formula is C20H21N3O2S. The van der Waals surface area contributed by atoms with Gasteiger partial charge in [-0.3, -0.25) is 9.59 Å². The summed E-state index contributed by atoms with van der Waals surface area (Å²) in [6, 6.07) is 15.3. The van der Waals surface area contributed by atoms with Crippen LogP contribution >= 0.6 is 11.3 Å². The highest BCUT2D eigenvalue weighted by Gasteiger charge is 2.12. The van der Waals surface area contributed by atoms with E-state index in [-0.39, 0.29) is 11.8 Å². The van der Waals surface area contributed by atoms with Gasteiger partial charge in [-0.25, -0.2) is 4.98 Å². The van der Waals surface area contributed by atoms with E-state index >= 15 is 0 Å². The number of carbonyl (C=O) groups is 2. The summed E-state index contributed by atoms with van der Waals surface area (Å²) in [5, 5.41) is 3.58. The van der Waals surface area contributed by atoms with Crippen molar-refractivity contribution in [2.75, 3.05) is 14.1 Å². The van der Waals surface area contributed by atoms with Gasteiger partial charge in [0, 0.05) is 39.0 Å². The molecule has 0 fully saturated rings. The third kappa shape index (κ3) is 4.26. The van der Waals surface area contributed by atoms with Crippen molar-refractivity contribution in [3.8, 4) is 0 Å². The molecule has 0 aliphatic heterocycles. The number of rotatable bonds is 6. The quantitative estimate of drug-likeness (QED) is 0.727. The molecule has 26 heavy (non-hydrogen) atoms. The van der Waals surface area contributed by atoms with Crippen molar-refractivity contribution in [2.45, 2.75) is 19.4 Å². The SMILES string of the molecule is CNC(=O)c1ccc(CN(C)C(=O)CCc2nc3ccccc3s2)cc1. The zero-order valence-electron chi connectivity index (χ0n) is 14.9. The molecule has 0 saturated heterocycles. The predicted molar refractivity (Wildman–Crippen MR) is 104 cm³/mol. The molecule has 0 spiro atoms. The van der Waals surface area contributed by atoms with E-state index in [1.807, 2.05) is 36.4 Å². The van der Waals surface area contributed by atoms with Crippen LogP contribution in [0.25, 0.3) is 10.2 Å². The highest BCUT2D eigenvalue weighted by atomic mass is 32.1. The smallest absolute Gasteiger partial charge is 0.251 e. The fourth-order valence-electron chi connectivity index (χ4n) is 2.70. The molecule has 0 unspecified atom stereocenters. The van der Waals surface area contributed by atoms with Crippen molar-refractivity contribution in [2.24, 2.45) is 0 Å². The lowest BCUT2D eigenvalue weighted by Gasteiger charge is -2.17. The number of aromatic nitrogens is 1. The second-order valence-electron chi connectivity index (χ2n) is 6.10. The van der Waals surface area contributed by atoms with Crippen LogP contribution in [-0.4, -0.2) is 35.8 Å². The van der Waals surface area contributed by atoms with Gasteiger partial charge < -0.3 is 10.2 Å². The average Bonchev–Trinajstić information content (AvgIpc) is 3.09. The topological polar surface area (TPSA) is 62.3 Å². The zero-order chi connectivity index (χ0) is 18.5. The number of carbonyl (C=O) groups excluding carboxylic acids is 2. The first kappa shape index (κ1) is 18.1. The normalized spacial score (nSPS) is 10.7. The van der Waals surface area contributed by atoms with Crippen LogP contribution in [-0.2, 0) is 17.8 Å². The number of aryl methyl sites for hydroxylation is 1. The number of thiazole rings is 1. The summed E-state index contributed by atoms with van der Waals surface area (Å²) < 4.78 is 1.15. The van der Waals surface area contributed by atoms with Gasteiger partial charge in [-0.15, -0.1) is 11.3 Å². The minimum Gasteiger partial charge on any atom is -0.355 e. The lowest BCUT2D eigenvalue weighted by molar-refractivity contribution is -0.130. The lowest BCUT2D eigenvalue weighted by atomic mass is 10.1. The maximum Gasteiger partial charge on any atom is 0.251 e. The van der Waals surface area contributed by atoms with E-state index in [4.69, 9.17) is 0 Å². The maximum atomic E-state index is 12.4. The number of amides is 2. The highest BCUT2D eigenvalue weighted by molar-refractivity contribution is 7.18. The Morgan fingerprint density at radius 3 is 2.54 bits per heavy atom. The third-order valence-corrected chi connectivity index (χ3v) is 5.28. The summed E-state index contributed by atoms with van der Waals surface area (Å²) in [6.07, 6.45) is 1.09.